The van der Waals surface area contributed by atoms with Gasteiger partial charge >= 0.3 is 0 Å². The normalized spacial score (nSPS) is 15.5. The lowest BCUT2D eigenvalue weighted by molar-refractivity contribution is 0.358. The van der Waals surface area contributed by atoms with Crippen molar-refractivity contribution in [1.29, 1.82) is 0 Å². The summed E-state index contributed by atoms with van der Waals surface area (Å²) in [5.74, 6) is 2.22. The molecule has 106 valence electrons. The van der Waals surface area contributed by atoms with Crippen LogP contribution in [-0.4, -0.2) is 30.2 Å². The number of ether oxygens (including phenoxy) is 2. The highest BCUT2D eigenvalue weighted by Crippen LogP contribution is 2.36. The van der Waals surface area contributed by atoms with Gasteiger partial charge in [-0.3, -0.25) is 0 Å². The lowest BCUT2D eigenvalue weighted by Gasteiger charge is -2.16. The number of anilines is 1. The molecule has 5 heteroatoms. The van der Waals surface area contributed by atoms with Crippen LogP contribution in [-0.2, 0) is 0 Å². The molecule has 5 nitrogen and oxygen atoms in total. The quantitative estimate of drug-likeness (QED) is 0.928. The van der Waals surface area contributed by atoms with Crippen LogP contribution in [0.15, 0.2) is 18.5 Å². The van der Waals surface area contributed by atoms with Crippen LogP contribution in [0.5, 0.6) is 11.5 Å². The molecule has 0 unspecified atom stereocenters. The molecule has 20 heavy (non-hydrogen) atoms. The van der Waals surface area contributed by atoms with Crippen molar-refractivity contribution in [2.45, 2.75) is 31.7 Å². The summed E-state index contributed by atoms with van der Waals surface area (Å²) in [4.78, 5) is 8.72. The number of aromatic nitrogens is 2. The van der Waals surface area contributed by atoms with Gasteiger partial charge in [0.25, 0.3) is 0 Å². The standard InChI is InChI=1S/C15H19N3O2/c1-19-12-8-7-11-13(14(12)20-2)16-9-17-15(11)18-10-5-3-4-6-10/h7-10H,3-6H2,1-2H3,(H,16,17,18). The van der Waals surface area contributed by atoms with Gasteiger partial charge < -0.3 is 14.8 Å². The molecule has 1 aliphatic carbocycles. The number of nitrogens with zero attached hydrogens (tertiary/aromatic N) is 2. The lowest BCUT2D eigenvalue weighted by atomic mass is 10.2. The molecule has 0 radical (unpaired) electrons. The minimum Gasteiger partial charge on any atom is -0.493 e. The zero-order valence-electron chi connectivity index (χ0n) is 11.8. The number of benzene rings is 1. The van der Waals surface area contributed by atoms with Crippen molar-refractivity contribution >= 4 is 16.7 Å². The summed E-state index contributed by atoms with van der Waals surface area (Å²) >= 11 is 0. The fourth-order valence-corrected chi connectivity index (χ4v) is 2.82. The van der Waals surface area contributed by atoms with Gasteiger partial charge in [0.05, 0.1) is 14.2 Å². The first kappa shape index (κ1) is 13.0. The van der Waals surface area contributed by atoms with Gasteiger partial charge in [0.15, 0.2) is 11.5 Å². The first-order chi connectivity index (χ1) is 9.83. The topological polar surface area (TPSA) is 56.3 Å². The van der Waals surface area contributed by atoms with E-state index in [1.807, 2.05) is 12.1 Å². The molecule has 0 atom stereocenters. The van der Waals surface area contributed by atoms with Crippen molar-refractivity contribution < 1.29 is 9.47 Å². The number of nitrogens with one attached hydrogen (secondary N) is 1. The smallest absolute Gasteiger partial charge is 0.187 e. The average molecular weight is 273 g/mol. The predicted molar refractivity (Wildman–Crippen MR) is 78.5 cm³/mol. The van der Waals surface area contributed by atoms with E-state index < -0.39 is 0 Å². The Bertz CT molecular complexity index is 609. The molecule has 1 N–H and O–H groups in total. The average Bonchev–Trinajstić information content (AvgIpc) is 2.99. The van der Waals surface area contributed by atoms with E-state index in [4.69, 9.17) is 9.47 Å². The minimum atomic E-state index is 0.515. The Morgan fingerprint density at radius 3 is 2.60 bits per heavy atom. The van der Waals surface area contributed by atoms with Crippen molar-refractivity contribution in [1.82, 2.24) is 9.97 Å². The first-order valence-corrected chi connectivity index (χ1v) is 6.95. The Morgan fingerprint density at radius 2 is 1.90 bits per heavy atom. The zero-order chi connectivity index (χ0) is 13.9. The molecular weight excluding hydrogens is 254 g/mol. The third-order valence-electron chi connectivity index (χ3n) is 3.84. The fourth-order valence-electron chi connectivity index (χ4n) is 2.82. The molecule has 2 aromatic rings. The van der Waals surface area contributed by atoms with Crippen molar-refractivity contribution in [3.05, 3.63) is 18.5 Å². The SMILES string of the molecule is COc1ccc2c(NC3CCCC3)ncnc2c1OC. The number of hydrogen-bond donors (Lipinski definition) is 1. The Morgan fingerprint density at radius 1 is 1.10 bits per heavy atom. The Labute approximate surface area is 118 Å². The maximum absolute atomic E-state index is 5.43. The van der Waals surface area contributed by atoms with Gasteiger partial charge in [0.2, 0.25) is 0 Å². The van der Waals surface area contributed by atoms with Crippen LogP contribution < -0.4 is 14.8 Å². The molecule has 3 rings (SSSR count). The number of fused-ring (bicyclic) bond motifs is 1. The van der Waals surface area contributed by atoms with Gasteiger partial charge in [-0.05, 0) is 25.0 Å². The van der Waals surface area contributed by atoms with Crippen molar-refractivity contribution in [3.8, 4) is 11.5 Å². The number of methoxy groups -OCH3 is 2. The number of hydrogen-bond acceptors (Lipinski definition) is 5. The van der Waals surface area contributed by atoms with Gasteiger partial charge in [-0.2, -0.15) is 0 Å². The van der Waals surface area contributed by atoms with Crippen molar-refractivity contribution in [3.63, 3.8) is 0 Å². The van der Waals surface area contributed by atoms with Crippen molar-refractivity contribution in [2.24, 2.45) is 0 Å². The van der Waals surface area contributed by atoms with Crippen LogP contribution in [0.3, 0.4) is 0 Å². The van der Waals surface area contributed by atoms with Crippen LogP contribution in [0.25, 0.3) is 10.9 Å². The highest BCUT2D eigenvalue weighted by Gasteiger charge is 2.18. The molecule has 0 spiro atoms. The monoisotopic (exact) mass is 273 g/mol. The highest BCUT2D eigenvalue weighted by atomic mass is 16.5. The lowest BCUT2D eigenvalue weighted by Crippen LogP contribution is -2.15. The van der Waals surface area contributed by atoms with E-state index >= 15 is 0 Å². The molecular formula is C15H19N3O2. The van der Waals surface area contributed by atoms with E-state index in [1.54, 1.807) is 20.5 Å². The van der Waals surface area contributed by atoms with E-state index in [0.717, 1.165) is 16.7 Å². The van der Waals surface area contributed by atoms with Crippen LogP contribution in [0.4, 0.5) is 5.82 Å². The van der Waals surface area contributed by atoms with Crippen LogP contribution in [0.1, 0.15) is 25.7 Å². The number of rotatable bonds is 4. The van der Waals surface area contributed by atoms with Gasteiger partial charge in [0, 0.05) is 11.4 Å². The van der Waals surface area contributed by atoms with Crippen molar-refractivity contribution in [2.75, 3.05) is 19.5 Å². The van der Waals surface area contributed by atoms with E-state index in [-0.39, 0.29) is 0 Å². The molecule has 1 fully saturated rings. The predicted octanol–water partition coefficient (Wildman–Crippen LogP) is 3.00. The second-order valence-electron chi connectivity index (χ2n) is 5.05. The van der Waals surface area contributed by atoms with E-state index in [1.165, 1.54) is 25.7 Å². The van der Waals surface area contributed by atoms with Crippen LogP contribution in [0.2, 0.25) is 0 Å². The first-order valence-electron chi connectivity index (χ1n) is 6.95. The summed E-state index contributed by atoms with van der Waals surface area (Å²) < 4.78 is 10.7. The Hall–Kier alpha value is -2.04. The summed E-state index contributed by atoms with van der Waals surface area (Å²) in [5.41, 5.74) is 0.780. The van der Waals surface area contributed by atoms with E-state index in [0.29, 0.717) is 17.5 Å². The molecule has 1 aromatic carbocycles. The Balaban J connectivity index is 2.05. The fraction of sp³-hybridized carbons (Fsp3) is 0.467. The summed E-state index contributed by atoms with van der Waals surface area (Å²) in [6, 6.07) is 4.39. The third kappa shape index (κ3) is 2.24. The van der Waals surface area contributed by atoms with Gasteiger partial charge in [-0.25, -0.2) is 9.97 Å². The zero-order valence-corrected chi connectivity index (χ0v) is 11.8. The molecule has 1 saturated carbocycles. The summed E-state index contributed by atoms with van der Waals surface area (Å²) in [6.45, 7) is 0. The molecule has 1 aromatic heterocycles. The minimum absolute atomic E-state index is 0.515. The van der Waals surface area contributed by atoms with Crippen LogP contribution >= 0.6 is 0 Å². The molecule has 1 heterocycles. The maximum atomic E-state index is 5.43. The van der Waals surface area contributed by atoms with Gasteiger partial charge in [0.1, 0.15) is 17.7 Å². The maximum Gasteiger partial charge on any atom is 0.187 e. The third-order valence-corrected chi connectivity index (χ3v) is 3.84. The second-order valence-corrected chi connectivity index (χ2v) is 5.05. The van der Waals surface area contributed by atoms with Gasteiger partial charge in [-0.15, -0.1) is 0 Å². The van der Waals surface area contributed by atoms with E-state index in [9.17, 15) is 0 Å². The van der Waals surface area contributed by atoms with Crippen LogP contribution in [0, 0.1) is 0 Å². The highest BCUT2D eigenvalue weighted by molar-refractivity contribution is 5.94. The summed E-state index contributed by atoms with van der Waals surface area (Å²) in [6.07, 6.45) is 6.56. The van der Waals surface area contributed by atoms with Gasteiger partial charge in [-0.1, -0.05) is 12.8 Å². The second kappa shape index (κ2) is 5.53. The summed E-state index contributed by atoms with van der Waals surface area (Å²) in [7, 11) is 3.26. The Kier molecular flexibility index (Phi) is 3.58. The largest absolute Gasteiger partial charge is 0.493 e. The van der Waals surface area contributed by atoms with E-state index in [2.05, 4.69) is 15.3 Å². The summed E-state index contributed by atoms with van der Waals surface area (Å²) in [5, 5.41) is 4.49. The molecule has 0 aliphatic heterocycles. The molecule has 1 aliphatic rings. The molecule has 0 bridgehead atoms. The molecule has 0 amide bonds. The molecule has 0 saturated heterocycles.